The molecule has 0 amide bonds. The van der Waals surface area contributed by atoms with Crippen LogP contribution in [0, 0.1) is 5.41 Å². The second-order valence-electron chi connectivity index (χ2n) is 4.82. The Morgan fingerprint density at radius 2 is 1.86 bits per heavy atom. The second-order valence-corrected chi connectivity index (χ2v) is 4.82. The summed E-state index contributed by atoms with van der Waals surface area (Å²) in [5.41, 5.74) is 2.00. The van der Waals surface area contributed by atoms with Crippen molar-refractivity contribution in [2.75, 3.05) is 5.32 Å². The third-order valence-corrected chi connectivity index (χ3v) is 4.13. The highest BCUT2D eigenvalue weighted by Gasteiger charge is 2.50. The number of benzene rings is 1. The lowest BCUT2D eigenvalue weighted by atomic mass is 9.53. The Morgan fingerprint density at radius 3 is 2.36 bits per heavy atom. The van der Waals surface area contributed by atoms with Crippen LogP contribution in [0.4, 0.5) is 5.69 Å². The number of anilines is 1. The van der Waals surface area contributed by atoms with Gasteiger partial charge in [-0.2, -0.15) is 0 Å². The van der Waals surface area contributed by atoms with E-state index in [1.165, 1.54) is 37.8 Å². The first-order valence-electron chi connectivity index (χ1n) is 5.71. The number of rotatable bonds is 2. The van der Waals surface area contributed by atoms with Crippen LogP contribution >= 0.6 is 0 Å². The van der Waals surface area contributed by atoms with Crippen LogP contribution in [0.2, 0.25) is 0 Å². The summed E-state index contributed by atoms with van der Waals surface area (Å²) in [4.78, 5) is 0. The van der Waals surface area contributed by atoms with Gasteiger partial charge in [0, 0.05) is 11.7 Å². The summed E-state index contributed by atoms with van der Waals surface area (Å²) in [5.74, 6) is 0. The quantitative estimate of drug-likeness (QED) is 0.748. The first-order chi connectivity index (χ1) is 6.89. The van der Waals surface area contributed by atoms with E-state index in [2.05, 4.69) is 35.6 Å². The highest BCUT2D eigenvalue weighted by Crippen LogP contribution is 2.56. The van der Waals surface area contributed by atoms with E-state index in [1.54, 1.807) is 0 Å². The molecule has 1 unspecified atom stereocenters. The van der Waals surface area contributed by atoms with E-state index in [9.17, 15) is 0 Å². The molecular weight excluding hydrogens is 170 g/mol. The van der Waals surface area contributed by atoms with Crippen LogP contribution in [0.25, 0.3) is 0 Å². The Kier molecular flexibility index (Phi) is 1.79. The van der Waals surface area contributed by atoms with Crippen LogP contribution in [-0.2, 0) is 0 Å². The van der Waals surface area contributed by atoms with Gasteiger partial charge in [0.2, 0.25) is 0 Å². The van der Waals surface area contributed by atoms with Gasteiger partial charge in [0.05, 0.1) is 0 Å². The molecule has 2 saturated carbocycles. The molecule has 1 heteroatoms. The third kappa shape index (κ3) is 1.15. The summed E-state index contributed by atoms with van der Waals surface area (Å²) in [5, 5.41) is 3.67. The molecule has 14 heavy (non-hydrogen) atoms. The Hall–Kier alpha value is -0.980. The van der Waals surface area contributed by atoms with Gasteiger partial charge in [-0.25, -0.2) is 0 Å². The van der Waals surface area contributed by atoms with Gasteiger partial charge in [-0.15, -0.1) is 0 Å². The van der Waals surface area contributed by atoms with E-state index in [-0.39, 0.29) is 0 Å². The fraction of sp³-hybridized carbons (Fsp3) is 0.538. The van der Waals surface area contributed by atoms with Crippen LogP contribution in [0.5, 0.6) is 0 Å². The zero-order valence-electron chi connectivity index (χ0n) is 8.50. The molecule has 3 rings (SSSR count). The Bertz CT molecular complexity index is 308. The predicted octanol–water partition coefficient (Wildman–Crippen LogP) is 3.43. The molecule has 1 spiro atoms. The molecule has 1 atom stereocenters. The third-order valence-electron chi connectivity index (χ3n) is 4.13. The Labute approximate surface area is 85.5 Å². The molecule has 1 nitrogen and oxygen atoms in total. The van der Waals surface area contributed by atoms with Crippen molar-refractivity contribution >= 4 is 5.69 Å². The molecular formula is C13H17N. The van der Waals surface area contributed by atoms with Gasteiger partial charge < -0.3 is 5.32 Å². The van der Waals surface area contributed by atoms with E-state index in [0.717, 1.165) is 6.04 Å². The fourth-order valence-electron chi connectivity index (χ4n) is 2.89. The average molecular weight is 187 g/mol. The van der Waals surface area contributed by atoms with Crippen LogP contribution < -0.4 is 5.32 Å². The van der Waals surface area contributed by atoms with E-state index in [4.69, 9.17) is 0 Å². The van der Waals surface area contributed by atoms with Crippen molar-refractivity contribution in [3.8, 4) is 0 Å². The van der Waals surface area contributed by atoms with Gasteiger partial charge in [0.25, 0.3) is 0 Å². The van der Waals surface area contributed by atoms with E-state index in [1.807, 2.05) is 0 Å². The minimum atomic E-state index is 0.704. The van der Waals surface area contributed by atoms with Gasteiger partial charge in [0.15, 0.2) is 0 Å². The fourth-order valence-corrected chi connectivity index (χ4v) is 2.89. The maximum absolute atomic E-state index is 3.67. The van der Waals surface area contributed by atoms with Crippen molar-refractivity contribution in [2.24, 2.45) is 5.41 Å². The smallest absolute Gasteiger partial charge is 0.0342 e. The van der Waals surface area contributed by atoms with Crippen LogP contribution in [0.1, 0.15) is 32.1 Å². The standard InChI is InChI=1S/C13H17N/c1-2-5-11(6-3-1)14-12-7-10-13(12)8-4-9-13/h1-3,5-6,12,14H,4,7-10H2. The van der Waals surface area contributed by atoms with E-state index in [0.29, 0.717) is 5.41 Å². The molecule has 0 bridgehead atoms. The highest BCUT2D eigenvalue weighted by atomic mass is 15.0. The second kappa shape index (κ2) is 3.01. The molecule has 2 fully saturated rings. The lowest BCUT2D eigenvalue weighted by Crippen LogP contribution is -2.53. The van der Waals surface area contributed by atoms with Crippen molar-refractivity contribution in [1.82, 2.24) is 0 Å². The van der Waals surface area contributed by atoms with Gasteiger partial charge in [-0.05, 0) is 43.2 Å². The maximum Gasteiger partial charge on any atom is 0.0342 e. The zero-order valence-corrected chi connectivity index (χ0v) is 8.50. The van der Waals surface area contributed by atoms with E-state index < -0.39 is 0 Å². The molecule has 0 saturated heterocycles. The van der Waals surface area contributed by atoms with Crippen LogP contribution in [0.15, 0.2) is 30.3 Å². The van der Waals surface area contributed by atoms with Crippen molar-refractivity contribution in [3.63, 3.8) is 0 Å². The van der Waals surface area contributed by atoms with Gasteiger partial charge >= 0.3 is 0 Å². The molecule has 0 heterocycles. The topological polar surface area (TPSA) is 12.0 Å². The first kappa shape index (κ1) is 8.34. The average Bonchev–Trinajstić information content (AvgIpc) is 2.12. The summed E-state index contributed by atoms with van der Waals surface area (Å²) in [7, 11) is 0. The van der Waals surface area contributed by atoms with Crippen molar-refractivity contribution in [1.29, 1.82) is 0 Å². The lowest BCUT2D eigenvalue weighted by molar-refractivity contribution is 0.0130. The summed E-state index contributed by atoms with van der Waals surface area (Å²) in [6.45, 7) is 0. The SMILES string of the molecule is c1ccc(NC2CCC23CCC3)cc1. The van der Waals surface area contributed by atoms with Crippen molar-refractivity contribution in [3.05, 3.63) is 30.3 Å². The Morgan fingerprint density at radius 1 is 1.07 bits per heavy atom. The van der Waals surface area contributed by atoms with Gasteiger partial charge in [-0.1, -0.05) is 24.6 Å². The molecule has 1 aromatic carbocycles. The maximum atomic E-state index is 3.67. The van der Waals surface area contributed by atoms with Gasteiger partial charge in [-0.3, -0.25) is 0 Å². The summed E-state index contributed by atoms with van der Waals surface area (Å²) >= 11 is 0. The molecule has 0 aromatic heterocycles. The van der Waals surface area contributed by atoms with Crippen LogP contribution in [0.3, 0.4) is 0 Å². The molecule has 0 aliphatic heterocycles. The van der Waals surface area contributed by atoms with E-state index >= 15 is 0 Å². The molecule has 1 aromatic rings. The van der Waals surface area contributed by atoms with Crippen molar-refractivity contribution < 1.29 is 0 Å². The molecule has 2 aliphatic rings. The predicted molar refractivity (Wildman–Crippen MR) is 59.4 cm³/mol. The molecule has 0 radical (unpaired) electrons. The molecule has 1 N–H and O–H groups in total. The normalized spacial score (nSPS) is 27.9. The minimum Gasteiger partial charge on any atom is -0.382 e. The monoisotopic (exact) mass is 187 g/mol. The highest BCUT2D eigenvalue weighted by molar-refractivity contribution is 5.44. The van der Waals surface area contributed by atoms with Crippen molar-refractivity contribution in [2.45, 2.75) is 38.1 Å². The number of para-hydroxylation sites is 1. The molecule has 2 aliphatic carbocycles. The number of hydrogen-bond donors (Lipinski definition) is 1. The summed E-state index contributed by atoms with van der Waals surface area (Å²) in [6, 6.07) is 11.4. The zero-order chi connectivity index (χ0) is 9.43. The lowest BCUT2D eigenvalue weighted by Gasteiger charge is -2.56. The summed E-state index contributed by atoms with van der Waals surface area (Å²) < 4.78 is 0. The van der Waals surface area contributed by atoms with Crippen LogP contribution in [-0.4, -0.2) is 6.04 Å². The molecule has 74 valence electrons. The number of hydrogen-bond acceptors (Lipinski definition) is 1. The van der Waals surface area contributed by atoms with Gasteiger partial charge in [0.1, 0.15) is 0 Å². The largest absolute Gasteiger partial charge is 0.382 e. The summed E-state index contributed by atoms with van der Waals surface area (Å²) in [6.07, 6.45) is 7.19. The number of nitrogens with one attached hydrogen (secondary N) is 1. The minimum absolute atomic E-state index is 0.704. The first-order valence-corrected chi connectivity index (χ1v) is 5.71. The Balaban J connectivity index is 1.68.